The number of aromatic hydroxyl groups is 1. The van der Waals surface area contributed by atoms with Gasteiger partial charge in [-0.3, -0.25) is 5.10 Å². The zero-order chi connectivity index (χ0) is 17.2. The SMILES string of the molecule is COc1ccc(-c2nc(Nc3cccc(O)c3)c3[nH]ncc3n2)cc1. The molecule has 0 aliphatic carbocycles. The lowest BCUT2D eigenvalue weighted by atomic mass is 10.2. The third-order valence-electron chi connectivity index (χ3n) is 3.76. The molecule has 0 unspecified atom stereocenters. The first-order valence-electron chi connectivity index (χ1n) is 7.64. The molecule has 7 nitrogen and oxygen atoms in total. The number of rotatable bonds is 4. The van der Waals surface area contributed by atoms with Crippen LogP contribution in [0.1, 0.15) is 0 Å². The number of aromatic amines is 1. The van der Waals surface area contributed by atoms with Gasteiger partial charge in [0.25, 0.3) is 0 Å². The highest BCUT2D eigenvalue weighted by Crippen LogP contribution is 2.27. The minimum atomic E-state index is 0.176. The average Bonchev–Trinajstić information content (AvgIpc) is 3.11. The van der Waals surface area contributed by atoms with Crippen molar-refractivity contribution in [2.45, 2.75) is 0 Å². The van der Waals surface area contributed by atoms with Crippen LogP contribution < -0.4 is 10.1 Å². The first kappa shape index (κ1) is 14.9. The molecule has 0 spiro atoms. The van der Waals surface area contributed by atoms with Crippen molar-refractivity contribution in [3.63, 3.8) is 0 Å². The van der Waals surface area contributed by atoms with Crippen LogP contribution in [-0.4, -0.2) is 32.4 Å². The number of phenols is 1. The molecule has 4 aromatic rings. The minimum absolute atomic E-state index is 0.176. The summed E-state index contributed by atoms with van der Waals surface area (Å²) < 4.78 is 5.18. The molecule has 0 aliphatic rings. The van der Waals surface area contributed by atoms with E-state index < -0.39 is 0 Å². The predicted octanol–water partition coefficient (Wildman–Crippen LogP) is 3.48. The second-order valence-electron chi connectivity index (χ2n) is 5.43. The summed E-state index contributed by atoms with van der Waals surface area (Å²) in [5.41, 5.74) is 2.97. The standard InChI is InChI=1S/C18H15N5O2/c1-25-14-7-5-11(6-8-14)17-21-15-10-19-23-16(15)18(22-17)20-12-3-2-4-13(24)9-12/h2-10,24H,1H3,(H,19,23)(H,20,21,22). The number of anilines is 2. The van der Waals surface area contributed by atoms with Crippen molar-refractivity contribution in [2.75, 3.05) is 12.4 Å². The van der Waals surface area contributed by atoms with E-state index in [1.165, 1.54) is 0 Å². The Morgan fingerprint density at radius 1 is 1.08 bits per heavy atom. The number of hydrogen-bond donors (Lipinski definition) is 3. The molecule has 0 radical (unpaired) electrons. The topological polar surface area (TPSA) is 95.9 Å². The number of fused-ring (bicyclic) bond motifs is 1. The summed E-state index contributed by atoms with van der Waals surface area (Å²) in [6.07, 6.45) is 1.65. The molecule has 0 fully saturated rings. The molecule has 2 aromatic carbocycles. The summed E-state index contributed by atoms with van der Waals surface area (Å²) in [6, 6.07) is 14.4. The molecule has 0 saturated heterocycles. The lowest BCUT2D eigenvalue weighted by Gasteiger charge is -2.09. The Labute approximate surface area is 143 Å². The molecular formula is C18H15N5O2. The van der Waals surface area contributed by atoms with E-state index in [0.717, 1.165) is 17.0 Å². The van der Waals surface area contributed by atoms with E-state index in [1.54, 1.807) is 31.5 Å². The van der Waals surface area contributed by atoms with Gasteiger partial charge in [-0.2, -0.15) is 5.10 Å². The highest BCUT2D eigenvalue weighted by molar-refractivity contribution is 5.88. The first-order chi connectivity index (χ1) is 12.2. The zero-order valence-corrected chi connectivity index (χ0v) is 13.4. The van der Waals surface area contributed by atoms with Crippen LogP contribution in [0.15, 0.2) is 54.7 Å². The number of phenolic OH excluding ortho intramolecular Hbond substituents is 1. The van der Waals surface area contributed by atoms with Crippen LogP contribution in [0.5, 0.6) is 11.5 Å². The number of aromatic nitrogens is 4. The third kappa shape index (κ3) is 2.94. The lowest BCUT2D eigenvalue weighted by Crippen LogP contribution is -1.99. The number of benzene rings is 2. The maximum atomic E-state index is 9.64. The highest BCUT2D eigenvalue weighted by Gasteiger charge is 2.12. The van der Waals surface area contributed by atoms with E-state index >= 15 is 0 Å². The number of hydrogen-bond acceptors (Lipinski definition) is 6. The van der Waals surface area contributed by atoms with Crippen LogP contribution in [0.25, 0.3) is 22.4 Å². The van der Waals surface area contributed by atoms with Gasteiger partial charge >= 0.3 is 0 Å². The molecule has 4 rings (SSSR count). The number of ether oxygens (including phenoxy) is 1. The Kier molecular flexibility index (Phi) is 3.66. The van der Waals surface area contributed by atoms with Crippen molar-refractivity contribution in [3.05, 3.63) is 54.7 Å². The molecule has 0 atom stereocenters. The quantitative estimate of drug-likeness (QED) is 0.529. The van der Waals surface area contributed by atoms with Crippen LogP contribution in [-0.2, 0) is 0 Å². The fourth-order valence-corrected chi connectivity index (χ4v) is 2.52. The Morgan fingerprint density at radius 3 is 2.68 bits per heavy atom. The maximum absolute atomic E-state index is 9.64. The molecule has 3 N–H and O–H groups in total. The minimum Gasteiger partial charge on any atom is -0.508 e. The molecule has 7 heteroatoms. The molecule has 0 amide bonds. The van der Waals surface area contributed by atoms with Crippen molar-refractivity contribution in [2.24, 2.45) is 0 Å². The van der Waals surface area contributed by atoms with Crippen LogP contribution in [0.4, 0.5) is 11.5 Å². The summed E-state index contributed by atoms with van der Waals surface area (Å²) in [4.78, 5) is 9.15. The molecule has 2 heterocycles. The van der Waals surface area contributed by atoms with Crippen molar-refractivity contribution in [1.82, 2.24) is 20.2 Å². The first-order valence-corrected chi connectivity index (χ1v) is 7.64. The Morgan fingerprint density at radius 2 is 1.92 bits per heavy atom. The molecule has 2 aromatic heterocycles. The average molecular weight is 333 g/mol. The largest absolute Gasteiger partial charge is 0.508 e. The normalized spacial score (nSPS) is 10.8. The fourth-order valence-electron chi connectivity index (χ4n) is 2.52. The van der Waals surface area contributed by atoms with Gasteiger partial charge in [-0.15, -0.1) is 0 Å². The van der Waals surface area contributed by atoms with Gasteiger partial charge in [-0.25, -0.2) is 9.97 Å². The Balaban J connectivity index is 1.78. The number of methoxy groups -OCH3 is 1. The van der Waals surface area contributed by atoms with Gasteiger partial charge in [-0.05, 0) is 36.4 Å². The van der Waals surface area contributed by atoms with E-state index in [1.807, 2.05) is 30.3 Å². The van der Waals surface area contributed by atoms with Crippen molar-refractivity contribution >= 4 is 22.5 Å². The second kappa shape index (κ2) is 6.12. The summed E-state index contributed by atoms with van der Waals surface area (Å²) in [5, 5.41) is 19.8. The number of H-pyrrole nitrogens is 1. The van der Waals surface area contributed by atoms with Gasteiger partial charge in [0.2, 0.25) is 0 Å². The monoisotopic (exact) mass is 333 g/mol. The molecule has 0 bridgehead atoms. The Hall–Kier alpha value is -3.61. The van der Waals surface area contributed by atoms with Gasteiger partial charge in [0.05, 0.1) is 13.3 Å². The van der Waals surface area contributed by atoms with Crippen molar-refractivity contribution in [1.29, 1.82) is 0 Å². The van der Waals surface area contributed by atoms with Crippen molar-refractivity contribution in [3.8, 4) is 22.9 Å². The zero-order valence-electron chi connectivity index (χ0n) is 13.4. The van der Waals surface area contributed by atoms with Gasteiger partial charge < -0.3 is 15.2 Å². The van der Waals surface area contributed by atoms with Crippen molar-refractivity contribution < 1.29 is 9.84 Å². The van der Waals surface area contributed by atoms with Crippen LogP contribution in [0, 0.1) is 0 Å². The predicted molar refractivity (Wildman–Crippen MR) is 95.1 cm³/mol. The van der Waals surface area contributed by atoms with Crippen LogP contribution >= 0.6 is 0 Å². The molecular weight excluding hydrogens is 318 g/mol. The third-order valence-corrected chi connectivity index (χ3v) is 3.76. The lowest BCUT2D eigenvalue weighted by molar-refractivity contribution is 0.415. The molecule has 0 saturated carbocycles. The van der Waals surface area contributed by atoms with E-state index in [9.17, 15) is 5.11 Å². The van der Waals surface area contributed by atoms with Crippen LogP contribution in [0.2, 0.25) is 0 Å². The van der Waals surface area contributed by atoms with E-state index in [2.05, 4.69) is 25.5 Å². The van der Waals surface area contributed by atoms with Crippen LogP contribution in [0.3, 0.4) is 0 Å². The van der Waals surface area contributed by atoms with Gasteiger partial charge in [-0.1, -0.05) is 6.07 Å². The van der Waals surface area contributed by atoms with Gasteiger partial charge in [0.1, 0.15) is 22.5 Å². The van der Waals surface area contributed by atoms with E-state index in [0.29, 0.717) is 22.7 Å². The summed E-state index contributed by atoms with van der Waals surface area (Å²) >= 11 is 0. The summed E-state index contributed by atoms with van der Waals surface area (Å²) in [6.45, 7) is 0. The molecule has 0 aliphatic heterocycles. The molecule has 124 valence electrons. The van der Waals surface area contributed by atoms with E-state index in [4.69, 9.17) is 4.74 Å². The van der Waals surface area contributed by atoms with Gasteiger partial charge in [0.15, 0.2) is 11.6 Å². The van der Waals surface area contributed by atoms with Gasteiger partial charge in [0, 0.05) is 17.3 Å². The highest BCUT2D eigenvalue weighted by atomic mass is 16.5. The maximum Gasteiger partial charge on any atom is 0.162 e. The van der Waals surface area contributed by atoms with E-state index in [-0.39, 0.29) is 5.75 Å². The fraction of sp³-hybridized carbons (Fsp3) is 0.0556. The summed E-state index contributed by atoms with van der Waals surface area (Å²) in [5.74, 6) is 2.10. The number of nitrogens with one attached hydrogen (secondary N) is 2. The Bertz CT molecular complexity index is 1030. The molecule has 25 heavy (non-hydrogen) atoms. The second-order valence-corrected chi connectivity index (χ2v) is 5.43. The number of nitrogens with zero attached hydrogens (tertiary/aromatic N) is 3. The summed E-state index contributed by atoms with van der Waals surface area (Å²) in [7, 11) is 1.63. The smallest absolute Gasteiger partial charge is 0.162 e.